The molecule has 2 aliphatic heterocycles. The number of benzene rings is 1. The van der Waals surface area contributed by atoms with Crippen LogP contribution in [-0.2, 0) is 20.7 Å². The molecule has 3 aliphatic rings. The number of ether oxygens (including phenoxy) is 4. The Balaban J connectivity index is 1.58. The Morgan fingerprint density at radius 1 is 1.19 bits per heavy atom. The molecule has 2 unspecified atom stereocenters. The molecule has 0 radical (unpaired) electrons. The summed E-state index contributed by atoms with van der Waals surface area (Å²) in [5, 5.41) is 0. The quantitative estimate of drug-likeness (QED) is 0.755. The van der Waals surface area contributed by atoms with Gasteiger partial charge in [0, 0.05) is 18.9 Å². The zero-order valence-electron chi connectivity index (χ0n) is 16.6. The van der Waals surface area contributed by atoms with E-state index in [0.717, 1.165) is 50.1 Å². The van der Waals surface area contributed by atoms with E-state index in [0.29, 0.717) is 6.04 Å². The number of methoxy groups -OCH3 is 2. The van der Waals surface area contributed by atoms with Gasteiger partial charge in [-0.3, -0.25) is 0 Å². The summed E-state index contributed by atoms with van der Waals surface area (Å²) in [7, 11) is 5.49. The topological polar surface area (TPSA) is 57.2 Å². The fourth-order valence-electron chi connectivity index (χ4n) is 5.24. The monoisotopic (exact) mass is 375 g/mol. The molecule has 3 fully saturated rings. The molecule has 1 saturated carbocycles. The maximum absolute atomic E-state index is 11.9. The van der Waals surface area contributed by atoms with E-state index >= 15 is 0 Å². The second-order valence-corrected chi connectivity index (χ2v) is 8.27. The van der Waals surface area contributed by atoms with Gasteiger partial charge in [-0.25, -0.2) is 4.79 Å². The fourth-order valence-corrected chi connectivity index (χ4v) is 5.24. The van der Waals surface area contributed by atoms with E-state index in [4.69, 9.17) is 18.9 Å². The first-order valence-electron chi connectivity index (χ1n) is 9.72. The number of esters is 1. The van der Waals surface area contributed by atoms with E-state index < -0.39 is 11.9 Å². The fraction of sp³-hybridized carbons (Fsp3) is 0.667. The van der Waals surface area contributed by atoms with Crippen molar-refractivity contribution in [1.82, 2.24) is 4.90 Å². The lowest BCUT2D eigenvalue weighted by Crippen LogP contribution is -2.51. The molecular weight excluding hydrogens is 346 g/mol. The van der Waals surface area contributed by atoms with Crippen LogP contribution >= 0.6 is 0 Å². The number of likely N-dealkylation sites (tertiary alicyclic amines) is 1. The van der Waals surface area contributed by atoms with Crippen LogP contribution < -0.4 is 9.47 Å². The van der Waals surface area contributed by atoms with Gasteiger partial charge >= 0.3 is 5.97 Å². The molecular formula is C21H29NO5. The molecule has 148 valence electrons. The van der Waals surface area contributed by atoms with Crippen molar-refractivity contribution >= 4 is 5.97 Å². The molecule has 2 saturated heterocycles. The highest BCUT2D eigenvalue weighted by atomic mass is 16.8. The lowest BCUT2D eigenvalue weighted by Gasteiger charge is -2.47. The summed E-state index contributed by atoms with van der Waals surface area (Å²) in [5.74, 6) is 0.550. The molecule has 1 aromatic rings. The van der Waals surface area contributed by atoms with Gasteiger partial charge in [-0.2, -0.15) is 0 Å². The van der Waals surface area contributed by atoms with Gasteiger partial charge in [-0.15, -0.1) is 0 Å². The molecule has 6 heteroatoms. The minimum absolute atomic E-state index is 0.168. The number of hydrogen-bond donors (Lipinski definition) is 0. The molecule has 1 aliphatic carbocycles. The first-order chi connectivity index (χ1) is 12.9. The molecule has 6 nitrogen and oxygen atoms in total. The molecule has 4 rings (SSSR count). The third-order valence-corrected chi connectivity index (χ3v) is 6.72. The van der Waals surface area contributed by atoms with Gasteiger partial charge in [0.05, 0.1) is 14.2 Å². The van der Waals surface area contributed by atoms with E-state index in [2.05, 4.69) is 24.1 Å². The number of carbonyl (C=O) groups is 1. The maximum Gasteiger partial charge on any atom is 0.337 e. The van der Waals surface area contributed by atoms with Gasteiger partial charge in [0.1, 0.15) is 0 Å². The molecule has 0 aromatic heterocycles. The summed E-state index contributed by atoms with van der Waals surface area (Å²) >= 11 is 0. The molecule has 0 N–H and O–H groups in total. The molecule has 0 bridgehead atoms. The SMILES string of the molecule is COc1ccc(C[C@]23CCN(C)[C@H]2CC2(CC3)OC(=O)C(C)O2)cc1OC. The molecule has 27 heavy (non-hydrogen) atoms. The number of fused-ring (bicyclic) bond motifs is 1. The average molecular weight is 375 g/mol. The van der Waals surface area contributed by atoms with Gasteiger partial charge in [0.15, 0.2) is 17.6 Å². The third kappa shape index (κ3) is 3.09. The van der Waals surface area contributed by atoms with Crippen LogP contribution in [0.1, 0.15) is 38.2 Å². The van der Waals surface area contributed by atoms with E-state index in [1.165, 1.54) is 5.56 Å². The van der Waals surface area contributed by atoms with Gasteiger partial charge in [0.2, 0.25) is 5.79 Å². The minimum atomic E-state index is -0.735. The predicted octanol–water partition coefficient (Wildman–Crippen LogP) is 2.78. The summed E-state index contributed by atoms with van der Waals surface area (Å²) in [6.07, 6.45) is 4.14. The van der Waals surface area contributed by atoms with Crippen molar-refractivity contribution in [2.45, 2.75) is 57.0 Å². The van der Waals surface area contributed by atoms with Gasteiger partial charge in [0.25, 0.3) is 0 Å². The van der Waals surface area contributed by atoms with Crippen LogP contribution in [0.4, 0.5) is 0 Å². The Bertz CT molecular complexity index is 737. The number of rotatable bonds is 4. The smallest absolute Gasteiger partial charge is 0.337 e. The lowest BCUT2D eigenvalue weighted by atomic mass is 9.65. The Kier molecular flexibility index (Phi) is 4.59. The van der Waals surface area contributed by atoms with E-state index in [1.54, 1.807) is 21.1 Å². The lowest BCUT2D eigenvalue weighted by molar-refractivity contribution is -0.210. The van der Waals surface area contributed by atoms with Crippen LogP contribution in [0.15, 0.2) is 18.2 Å². The standard InChI is InChI=1S/C21H29NO5/c1-14-19(23)27-21(26-14)8-7-20(9-10-22(2)18(20)13-21)12-15-5-6-16(24-3)17(11-15)25-4/h5-6,11,14,18H,7-10,12-13H2,1-4H3/t14?,18-,20-,21?/m0/s1. The summed E-state index contributed by atoms with van der Waals surface area (Å²) < 4.78 is 22.5. The van der Waals surface area contributed by atoms with Crippen LogP contribution in [0.5, 0.6) is 11.5 Å². The van der Waals surface area contributed by atoms with Crippen LogP contribution in [-0.4, -0.2) is 56.6 Å². The first-order valence-corrected chi connectivity index (χ1v) is 9.72. The molecule has 1 spiro atoms. The normalized spacial score (nSPS) is 35.9. The second-order valence-electron chi connectivity index (χ2n) is 8.27. The van der Waals surface area contributed by atoms with E-state index in [-0.39, 0.29) is 11.4 Å². The highest BCUT2D eigenvalue weighted by Gasteiger charge is 2.58. The van der Waals surface area contributed by atoms with Crippen LogP contribution in [0.2, 0.25) is 0 Å². The van der Waals surface area contributed by atoms with Crippen molar-refractivity contribution in [3.63, 3.8) is 0 Å². The largest absolute Gasteiger partial charge is 0.493 e. The summed E-state index contributed by atoms with van der Waals surface area (Å²) in [4.78, 5) is 14.3. The summed E-state index contributed by atoms with van der Waals surface area (Å²) in [6, 6.07) is 6.52. The predicted molar refractivity (Wildman–Crippen MR) is 99.9 cm³/mol. The van der Waals surface area contributed by atoms with Crippen molar-refractivity contribution in [3.8, 4) is 11.5 Å². The zero-order valence-corrected chi connectivity index (χ0v) is 16.6. The van der Waals surface area contributed by atoms with Gasteiger partial charge < -0.3 is 23.8 Å². The second kappa shape index (κ2) is 6.67. The van der Waals surface area contributed by atoms with Crippen molar-refractivity contribution in [2.75, 3.05) is 27.8 Å². The van der Waals surface area contributed by atoms with Crippen molar-refractivity contribution in [3.05, 3.63) is 23.8 Å². The van der Waals surface area contributed by atoms with Crippen molar-refractivity contribution in [1.29, 1.82) is 0 Å². The van der Waals surface area contributed by atoms with Crippen molar-refractivity contribution < 1.29 is 23.7 Å². The Hall–Kier alpha value is -1.79. The Labute approximate surface area is 160 Å². The molecule has 0 amide bonds. The molecule has 4 atom stereocenters. The first kappa shape index (κ1) is 18.6. The molecule has 2 heterocycles. The van der Waals surface area contributed by atoms with Crippen molar-refractivity contribution in [2.24, 2.45) is 5.41 Å². The van der Waals surface area contributed by atoms with Crippen LogP contribution in [0.3, 0.4) is 0 Å². The molecule has 1 aromatic carbocycles. The zero-order chi connectivity index (χ0) is 19.2. The average Bonchev–Trinajstić information content (AvgIpc) is 3.12. The van der Waals surface area contributed by atoms with Crippen LogP contribution in [0, 0.1) is 5.41 Å². The highest BCUT2D eigenvalue weighted by Crippen LogP contribution is 2.54. The Morgan fingerprint density at radius 3 is 2.63 bits per heavy atom. The van der Waals surface area contributed by atoms with E-state index in [9.17, 15) is 4.79 Å². The highest BCUT2D eigenvalue weighted by molar-refractivity contribution is 5.76. The summed E-state index contributed by atoms with van der Waals surface area (Å²) in [6.45, 7) is 2.83. The van der Waals surface area contributed by atoms with Gasteiger partial charge in [-0.05, 0) is 62.9 Å². The van der Waals surface area contributed by atoms with E-state index in [1.807, 2.05) is 6.07 Å². The van der Waals surface area contributed by atoms with Gasteiger partial charge in [-0.1, -0.05) is 6.07 Å². The Morgan fingerprint density at radius 2 is 1.96 bits per heavy atom. The number of nitrogens with zero attached hydrogens (tertiary/aromatic N) is 1. The summed E-state index contributed by atoms with van der Waals surface area (Å²) in [5.41, 5.74) is 1.42. The minimum Gasteiger partial charge on any atom is -0.493 e. The number of carbonyl (C=O) groups excluding carboxylic acids is 1. The maximum atomic E-state index is 11.9. The third-order valence-electron chi connectivity index (χ3n) is 6.72. The van der Waals surface area contributed by atoms with Crippen LogP contribution in [0.25, 0.3) is 0 Å². The number of hydrogen-bond acceptors (Lipinski definition) is 6.